The van der Waals surface area contributed by atoms with Gasteiger partial charge in [0.05, 0.1) is 6.61 Å². The Labute approximate surface area is 139 Å². The van der Waals surface area contributed by atoms with Gasteiger partial charge >= 0.3 is 42.0 Å². The maximum Gasteiger partial charge on any atom is 0.384 e. The molecule has 0 saturated carbocycles. The lowest BCUT2D eigenvalue weighted by Gasteiger charge is -2.41. The average molecular weight is 440 g/mol. The molecule has 0 aromatic carbocycles. The minimum absolute atomic E-state index is 0.394. The quantitative estimate of drug-likeness (QED) is 0.319. The highest BCUT2D eigenvalue weighted by Gasteiger charge is 2.92. The predicted molar refractivity (Wildman–Crippen MR) is 56.7 cm³/mol. The molecule has 1 atom stereocenters. The molecule has 1 unspecified atom stereocenters. The number of halogens is 15. The molecular weight excluding hydrogens is 433 g/mol. The van der Waals surface area contributed by atoms with Gasteiger partial charge in [0.25, 0.3) is 6.36 Å². The lowest BCUT2D eigenvalue weighted by atomic mass is 9.91. The van der Waals surface area contributed by atoms with E-state index < -0.39 is 54.9 Å². The van der Waals surface area contributed by atoms with Crippen molar-refractivity contribution in [2.75, 3.05) is 6.61 Å². The zero-order valence-electron chi connectivity index (χ0n) is 12.2. The largest absolute Gasteiger partial charge is 0.384 e. The highest BCUT2D eigenvalue weighted by molar-refractivity contribution is 5.12. The van der Waals surface area contributed by atoms with Gasteiger partial charge in [-0.3, -0.25) is 0 Å². The number of rotatable bonds is 10. The van der Waals surface area contributed by atoms with Crippen LogP contribution in [0.15, 0.2) is 12.7 Å². The van der Waals surface area contributed by atoms with Crippen molar-refractivity contribution < 1.29 is 70.6 Å². The first-order valence-electron chi connectivity index (χ1n) is 6.09. The van der Waals surface area contributed by atoms with Crippen LogP contribution in [0.5, 0.6) is 0 Å². The monoisotopic (exact) mass is 440 g/mol. The van der Waals surface area contributed by atoms with Gasteiger partial charge in [-0.15, -0.1) is 6.58 Å². The fourth-order valence-electron chi connectivity index (χ4n) is 1.35. The van der Waals surface area contributed by atoms with Crippen molar-refractivity contribution in [3.63, 3.8) is 0 Å². The molecule has 0 saturated heterocycles. The van der Waals surface area contributed by atoms with Gasteiger partial charge < -0.3 is 4.74 Å². The highest BCUT2D eigenvalue weighted by Crippen LogP contribution is 2.61. The third kappa shape index (κ3) is 3.55. The Balaban J connectivity index is 6.31. The SMILES string of the molecule is C=CCOC(F)C(F)(F)C(F)(F)C(F)(F)C(F)(F)C(F)(F)C(F)(F)C(F)F. The molecule has 0 heterocycles. The molecule has 0 spiro atoms. The van der Waals surface area contributed by atoms with Crippen LogP contribution in [0.4, 0.5) is 65.9 Å². The third-order valence-corrected chi connectivity index (χ3v) is 2.94. The summed E-state index contributed by atoms with van der Waals surface area (Å²) in [6, 6.07) is 0. The molecule has 0 aromatic heterocycles. The van der Waals surface area contributed by atoms with Gasteiger partial charge in [0.1, 0.15) is 0 Å². The Kier molecular flexibility index (Phi) is 6.87. The number of alkyl halides is 15. The molecule has 0 N–H and O–H groups in total. The minimum atomic E-state index is -8.19. The number of ether oxygens (including phenoxy) is 1. The summed E-state index contributed by atoms with van der Waals surface area (Å²) in [5, 5.41) is 0. The molecule has 0 aliphatic heterocycles. The first kappa shape index (κ1) is 25.6. The van der Waals surface area contributed by atoms with E-state index in [4.69, 9.17) is 0 Å². The highest BCUT2D eigenvalue weighted by atomic mass is 19.4. The van der Waals surface area contributed by atoms with Crippen molar-refractivity contribution in [2.24, 2.45) is 0 Å². The van der Waals surface area contributed by atoms with Crippen LogP contribution in [0.25, 0.3) is 0 Å². The van der Waals surface area contributed by atoms with Crippen LogP contribution in [-0.4, -0.2) is 54.9 Å². The molecule has 0 rings (SSSR count). The van der Waals surface area contributed by atoms with E-state index in [9.17, 15) is 65.9 Å². The molecule has 0 bridgehead atoms. The van der Waals surface area contributed by atoms with Gasteiger partial charge in [-0.05, 0) is 0 Å². The zero-order chi connectivity index (χ0) is 22.3. The summed E-state index contributed by atoms with van der Waals surface area (Å²) < 4.78 is 195. The smallest absolute Gasteiger partial charge is 0.339 e. The van der Waals surface area contributed by atoms with Gasteiger partial charge in [0, 0.05) is 0 Å². The maximum absolute atomic E-state index is 13.2. The van der Waals surface area contributed by atoms with E-state index in [1.807, 2.05) is 0 Å². The summed E-state index contributed by atoms with van der Waals surface area (Å²) in [4.78, 5) is 0. The molecule has 0 radical (unpaired) electrons. The lowest BCUT2D eigenvalue weighted by molar-refractivity contribution is -0.442. The Hall–Kier alpha value is -1.35. The van der Waals surface area contributed by atoms with E-state index in [1.165, 1.54) is 0 Å². The van der Waals surface area contributed by atoms with Crippen molar-refractivity contribution in [3.8, 4) is 0 Å². The van der Waals surface area contributed by atoms with Gasteiger partial charge in [-0.2, -0.15) is 52.7 Å². The maximum atomic E-state index is 13.2. The van der Waals surface area contributed by atoms with Gasteiger partial charge in [-0.25, -0.2) is 13.2 Å². The fraction of sp³-hybridized carbons (Fsp3) is 0.818. The summed E-state index contributed by atoms with van der Waals surface area (Å²) in [5.41, 5.74) is 0. The number of hydrogen-bond acceptors (Lipinski definition) is 1. The van der Waals surface area contributed by atoms with E-state index in [1.54, 1.807) is 0 Å². The summed E-state index contributed by atoms with van der Waals surface area (Å²) in [6.45, 7) is 1.31. The van der Waals surface area contributed by atoms with Gasteiger partial charge in [0.2, 0.25) is 0 Å². The summed E-state index contributed by atoms with van der Waals surface area (Å²) in [5.74, 6) is -46.4. The fourth-order valence-corrected chi connectivity index (χ4v) is 1.35. The summed E-state index contributed by atoms with van der Waals surface area (Å²) >= 11 is 0. The molecular formula is C11H7F15O. The molecule has 0 amide bonds. The van der Waals surface area contributed by atoms with Crippen molar-refractivity contribution in [1.82, 2.24) is 0 Å². The van der Waals surface area contributed by atoms with Crippen molar-refractivity contribution in [3.05, 3.63) is 12.7 Å². The van der Waals surface area contributed by atoms with E-state index in [0.717, 1.165) is 0 Å². The van der Waals surface area contributed by atoms with Crippen LogP contribution < -0.4 is 0 Å². The van der Waals surface area contributed by atoms with Crippen LogP contribution >= 0.6 is 0 Å². The van der Waals surface area contributed by atoms with Crippen molar-refractivity contribution >= 4 is 0 Å². The molecule has 27 heavy (non-hydrogen) atoms. The Bertz CT molecular complexity index is 526. The second-order valence-electron chi connectivity index (χ2n) is 4.78. The second kappa shape index (κ2) is 7.24. The van der Waals surface area contributed by atoms with E-state index in [-0.39, 0.29) is 0 Å². The van der Waals surface area contributed by atoms with Crippen LogP contribution in [0, 0.1) is 0 Å². The zero-order valence-corrected chi connectivity index (χ0v) is 12.2. The molecule has 0 aliphatic carbocycles. The van der Waals surface area contributed by atoms with Crippen LogP contribution in [-0.2, 0) is 4.74 Å². The van der Waals surface area contributed by atoms with Crippen LogP contribution in [0.3, 0.4) is 0 Å². The van der Waals surface area contributed by atoms with E-state index in [2.05, 4.69) is 11.3 Å². The lowest BCUT2D eigenvalue weighted by Crippen LogP contribution is -2.72. The first-order chi connectivity index (χ1) is 11.7. The van der Waals surface area contributed by atoms with Crippen LogP contribution in [0.2, 0.25) is 0 Å². The third-order valence-electron chi connectivity index (χ3n) is 2.94. The molecule has 0 fully saturated rings. The topological polar surface area (TPSA) is 9.23 Å². The predicted octanol–water partition coefficient (Wildman–Crippen LogP) is 5.56. The van der Waals surface area contributed by atoms with Crippen molar-refractivity contribution in [1.29, 1.82) is 0 Å². The van der Waals surface area contributed by atoms with E-state index >= 15 is 0 Å². The molecule has 0 aromatic rings. The second-order valence-corrected chi connectivity index (χ2v) is 4.78. The Morgan fingerprint density at radius 2 is 0.963 bits per heavy atom. The van der Waals surface area contributed by atoms with Gasteiger partial charge in [-0.1, -0.05) is 6.08 Å². The minimum Gasteiger partial charge on any atom is -0.339 e. The summed E-state index contributed by atoms with van der Waals surface area (Å²) in [6.07, 6.45) is -10.2. The number of hydrogen-bond donors (Lipinski definition) is 0. The Morgan fingerprint density at radius 3 is 1.26 bits per heavy atom. The summed E-state index contributed by atoms with van der Waals surface area (Å²) in [7, 11) is 0. The molecule has 0 aliphatic rings. The standard InChI is InChI=1S/C11H7F15O/c1-2-3-27-5(14)7(17,18)9(21,22)11(25,26)10(23,24)8(19,20)6(15,16)4(12)13/h2,4-5H,1,3H2. The molecule has 16 heteroatoms. The Morgan fingerprint density at radius 1 is 0.630 bits per heavy atom. The van der Waals surface area contributed by atoms with Crippen LogP contribution in [0.1, 0.15) is 0 Å². The van der Waals surface area contributed by atoms with Crippen molar-refractivity contribution in [2.45, 2.75) is 48.3 Å². The molecule has 1 nitrogen and oxygen atoms in total. The van der Waals surface area contributed by atoms with Gasteiger partial charge in [0.15, 0.2) is 0 Å². The molecule has 162 valence electrons. The average Bonchev–Trinajstić information content (AvgIpc) is 2.50. The van der Waals surface area contributed by atoms with E-state index in [0.29, 0.717) is 6.08 Å². The first-order valence-corrected chi connectivity index (χ1v) is 6.09. The normalized spacial score (nSPS) is 16.6.